The molecule has 3 N–H and O–H groups in total. The van der Waals surface area contributed by atoms with Gasteiger partial charge < -0.3 is 29.4 Å². The van der Waals surface area contributed by atoms with E-state index < -0.39 is 18.8 Å². The van der Waals surface area contributed by atoms with Crippen LogP contribution in [0.3, 0.4) is 0 Å². The summed E-state index contributed by atoms with van der Waals surface area (Å²) in [5.41, 5.74) is 1.89. The zero-order valence-corrected chi connectivity index (χ0v) is 19.7. The molecule has 0 aliphatic rings. The molecule has 32 heavy (non-hydrogen) atoms. The van der Waals surface area contributed by atoms with Crippen LogP contribution in [0.1, 0.15) is 52.0 Å². The monoisotopic (exact) mass is 445 g/mol. The minimum absolute atomic E-state index is 0.157. The summed E-state index contributed by atoms with van der Waals surface area (Å²) in [5.74, 6) is 0.980. The van der Waals surface area contributed by atoms with Gasteiger partial charge in [0.25, 0.3) is 0 Å². The lowest BCUT2D eigenvalue weighted by atomic mass is 9.74. The molecule has 0 radical (unpaired) electrons. The molecule has 1 aromatic carbocycles. The van der Waals surface area contributed by atoms with Crippen molar-refractivity contribution < 1.29 is 29.4 Å². The summed E-state index contributed by atoms with van der Waals surface area (Å²) >= 11 is 0. The van der Waals surface area contributed by atoms with Crippen molar-refractivity contribution in [3.8, 4) is 22.6 Å². The molecule has 0 bridgehead atoms. The molecule has 0 saturated heterocycles. The average molecular weight is 445 g/mol. The van der Waals surface area contributed by atoms with Crippen LogP contribution >= 0.6 is 0 Å². The van der Waals surface area contributed by atoms with Crippen molar-refractivity contribution in [2.24, 2.45) is 0 Å². The van der Waals surface area contributed by atoms with Gasteiger partial charge in [0.2, 0.25) is 0 Å². The van der Waals surface area contributed by atoms with E-state index in [1.807, 2.05) is 45.0 Å². The first-order valence-corrected chi connectivity index (χ1v) is 11.1. The zero-order valence-electron chi connectivity index (χ0n) is 19.7. The molecule has 0 aliphatic carbocycles. The maximum absolute atomic E-state index is 10.5. The number of aromatic nitrogens is 1. The molecule has 2 aromatic rings. The fraction of sp³-hybridized carbons (Fsp3) is 0.542. The Morgan fingerprint density at radius 3 is 2.50 bits per heavy atom. The molecular formula is C24H36BNO6. The van der Waals surface area contributed by atoms with Crippen LogP contribution in [0.15, 0.2) is 36.7 Å². The summed E-state index contributed by atoms with van der Waals surface area (Å²) in [4.78, 5) is 4.35. The van der Waals surface area contributed by atoms with E-state index in [-0.39, 0.29) is 18.8 Å². The Morgan fingerprint density at radius 2 is 1.88 bits per heavy atom. The van der Waals surface area contributed by atoms with Gasteiger partial charge >= 0.3 is 7.12 Å². The van der Waals surface area contributed by atoms with E-state index >= 15 is 0 Å². The Hall–Kier alpha value is -2.13. The lowest BCUT2D eigenvalue weighted by molar-refractivity contribution is 0.0285. The van der Waals surface area contributed by atoms with Gasteiger partial charge in [-0.1, -0.05) is 13.0 Å². The van der Waals surface area contributed by atoms with E-state index in [0.717, 1.165) is 23.1 Å². The quantitative estimate of drug-likeness (QED) is 0.405. The van der Waals surface area contributed by atoms with Crippen LogP contribution in [0.4, 0.5) is 0 Å². The number of aliphatic hydroxyl groups excluding tert-OH is 2. The Bertz CT molecular complexity index is 845. The van der Waals surface area contributed by atoms with Crippen molar-refractivity contribution >= 4 is 7.12 Å². The predicted molar refractivity (Wildman–Crippen MR) is 126 cm³/mol. The Morgan fingerprint density at radius 1 is 1.12 bits per heavy atom. The van der Waals surface area contributed by atoms with Gasteiger partial charge in [0.05, 0.1) is 25.4 Å². The summed E-state index contributed by atoms with van der Waals surface area (Å²) in [6, 6.07) is 7.66. The largest absolute Gasteiger partial charge is 0.493 e. The standard InChI is InChI=1S/C24H36BNO6/c1-6-9-31-23-11-18(7-8-22(23)30-5)19-10-20(15-26-14-19)21(16-27)13-25(29)32-24(3,4)12-17(2)28/h7-8,10-11,14-15,17,21,27-29H,6,9,12-13,16H2,1-5H3/t17?,21-/m0/s1. The number of ether oxygens (including phenoxy) is 2. The maximum Gasteiger partial charge on any atom is 0.455 e. The molecule has 176 valence electrons. The van der Waals surface area contributed by atoms with Crippen molar-refractivity contribution in [2.45, 2.75) is 64.5 Å². The van der Waals surface area contributed by atoms with Gasteiger partial charge in [-0.3, -0.25) is 4.98 Å². The number of nitrogens with zero attached hydrogens (tertiary/aromatic N) is 1. The average Bonchev–Trinajstić information content (AvgIpc) is 2.74. The number of rotatable bonds is 13. The third-order valence-electron chi connectivity index (χ3n) is 5.14. The van der Waals surface area contributed by atoms with Crippen LogP contribution in [0.2, 0.25) is 6.32 Å². The summed E-state index contributed by atoms with van der Waals surface area (Å²) < 4.78 is 16.9. The highest BCUT2D eigenvalue weighted by molar-refractivity contribution is 6.43. The second kappa shape index (κ2) is 12.2. The SMILES string of the molecule is CCCOc1cc(-c2cncc([C@H](CO)CB(O)OC(C)(C)CC(C)O)c2)ccc1OC. The number of aliphatic hydroxyl groups is 2. The normalized spacial score (nSPS) is 13.5. The number of benzene rings is 1. The number of methoxy groups -OCH3 is 1. The second-order valence-corrected chi connectivity index (χ2v) is 8.72. The summed E-state index contributed by atoms with van der Waals surface area (Å²) in [6.07, 6.45) is 4.39. The fourth-order valence-corrected chi connectivity index (χ4v) is 3.76. The molecule has 1 aromatic heterocycles. The van der Waals surface area contributed by atoms with Gasteiger partial charge in [0.1, 0.15) is 0 Å². The van der Waals surface area contributed by atoms with Crippen LogP contribution in [0.25, 0.3) is 11.1 Å². The third kappa shape index (κ3) is 7.78. The lowest BCUT2D eigenvalue weighted by Crippen LogP contribution is -2.37. The van der Waals surface area contributed by atoms with Crippen molar-refractivity contribution in [3.05, 3.63) is 42.2 Å². The van der Waals surface area contributed by atoms with Crippen LogP contribution < -0.4 is 9.47 Å². The Kier molecular flexibility index (Phi) is 9.97. The van der Waals surface area contributed by atoms with Gasteiger partial charge in [0, 0.05) is 36.9 Å². The van der Waals surface area contributed by atoms with Crippen LogP contribution in [-0.4, -0.2) is 59.4 Å². The van der Waals surface area contributed by atoms with Crippen LogP contribution in [-0.2, 0) is 4.65 Å². The maximum atomic E-state index is 10.5. The van der Waals surface area contributed by atoms with Gasteiger partial charge in [0.15, 0.2) is 11.5 Å². The fourth-order valence-electron chi connectivity index (χ4n) is 3.76. The van der Waals surface area contributed by atoms with Crippen molar-refractivity contribution in [1.82, 2.24) is 4.98 Å². The molecule has 8 heteroatoms. The minimum Gasteiger partial charge on any atom is -0.493 e. The molecule has 1 unspecified atom stereocenters. The van der Waals surface area contributed by atoms with Crippen molar-refractivity contribution in [2.75, 3.05) is 20.3 Å². The highest BCUT2D eigenvalue weighted by Crippen LogP contribution is 2.34. The van der Waals surface area contributed by atoms with E-state index in [1.54, 1.807) is 26.4 Å². The van der Waals surface area contributed by atoms with Gasteiger partial charge in [-0.25, -0.2) is 0 Å². The number of pyridine rings is 1. The van der Waals surface area contributed by atoms with E-state index in [1.165, 1.54) is 0 Å². The highest BCUT2D eigenvalue weighted by Gasteiger charge is 2.30. The smallest absolute Gasteiger partial charge is 0.455 e. The molecule has 2 rings (SSSR count). The number of hydrogen-bond donors (Lipinski definition) is 3. The number of hydrogen-bond acceptors (Lipinski definition) is 7. The van der Waals surface area contributed by atoms with Gasteiger partial charge in [-0.15, -0.1) is 0 Å². The lowest BCUT2D eigenvalue weighted by Gasteiger charge is -2.29. The first-order valence-electron chi connectivity index (χ1n) is 11.1. The first-order chi connectivity index (χ1) is 15.2. The van der Waals surface area contributed by atoms with Crippen LogP contribution in [0, 0.1) is 0 Å². The first kappa shape index (κ1) is 26.1. The van der Waals surface area contributed by atoms with Crippen LogP contribution in [0.5, 0.6) is 11.5 Å². The van der Waals surface area contributed by atoms with E-state index in [2.05, 4.69) is 4.98 Å². The third-order valence-corrected chi connectivity index (χ3v) is 5.14. The van der Waals surface area contributed by atoms with Crippen molar-refractivity contribution in [3.63, 3.8) is 0 Å². The molecule has 0 amide bonds. The zero-order chi connectivity index (χ0) is 23.7. The second-order valence-electron chi connectivity index (χ2n) is 8.72. The van der Waals surface area contributed by atoms with Gasteiger partial charge in [-0.2, -0.15) is 0 Å². The highest BCUT2D eigenvalue weighted by atomic mass is 16.5. The van der Waals surface area contributed by atoms with Crippen molar-refractivity contribution in [1.29, 1.82) is 0 Å². The molecule has 0 spiro atoms. The summed E-state index contributed by atoms with van der Waals surface area (Å²) in [6.45, 7) is 7.80. The summed E-state index contributed by atoms with van der Waals surface area (Å²) in [5, 5.41) is 30.0. The van der Waals surface area contributed by atoms with E-state index in [9.17, 15) is 15.2 Å². The topological polar surface area (TPSA) is 101 Å². The Labute approximate surface area is 191 Å². The molecule has 0 saturated carbocycles. The van der Waals surface area contributed by atoms with E-state index in [0.29, 0.717) is 24.5 Å². The molecule has 2 atom stereocenters. The molecule has 7 nitrogen and oxygen atoms in total. The molecule has 0 aliphatic heterocycles. The minimum atomic E-state index is -1.08. The molecular weight excluding hydrogens is 409 g/mol. The van der Waals surface area contributed by atoms with E-state index in [4.69, 9.17) is 14.1 Å². The molecule has 1 heterocycles. The predicted octanol–water partition coefficient (Wildman–Crippen LogP) is 3.67. The van der Waals surface area contributed by atoms with Gasteiger partial charge in [-0.05, 0) is 62.8 Å². The summed E-state index contributed by atoms with van der Waals surface area (Å²) in [7, 11) is 0.525. The molecule has 0 fully saturated rings. The Balaban J connectivity index is 2.20.